The quantitative estimate of drug-likeness (QED) is 0.661. The van der Waals surface area contributed by atoms with Crippen LogP contribution in [-0.4, -0.2) is 19.4 Å². The van der Waals surface area contributed by atoms with Gasteiger partial charge in [0.25, 0.3) is 0 Å². The van der Waals surface area contributed by atoms with Crippen LogP contribution in [0.25, 0.3) is 0 Å². The number of rotatable bonds is 4. The van der Waals surface area contributed by atoms with Crippen molar-refractivity contribution in [3.05, 3.63) is 0 Å². The van der Waals surface area contributed by atoms with Gasteiger partial charge in [0, 0.05) is 1.37 Å². The van der Waals surface area contributed by atoms with Gasteiger partial charge in [-0.3, -0.25) is 0 Å². The van der Waals surface area contributed by atoms with Crippen LogP contribution in [0.4, 0.5) is 0 Å². The van der Waals surface area contributed by atoms with Crippen LogP contribution in [0.1, 0.15) is 35.5 Å². The summed E-state index contributed by atoms with van der Waals surface area (Å²) in [7, 11) is -3.23. The molecule has 0 N–H and O–H groups in total. The van der Waals surface area contributed by atoms with Crippen molar-refractivity contribution in [1.29, 1.82) is 0 Å². The molecule has 0 aromatic rings. The Hall–Kier alpha value is -0.0500. The molecule has 11 heavy (non-hydrogen) atoms. The summed E-state index contributed by atoms with van der Waals surface area (Å²) in [6.45, 7) is 6.80. The Morgan fingerprint density at radius 3 is 2.00 bits per heavy atom. The minimum Gasteiger partial charge on any atom is -0.229 e. The Balaban J connectivity index is 4.27. The molecule has 0 amide bonds. The molecule has 0 aliphatic carbocycles. The Morgan fingerprint density at radius 1 is 1.27 bits per heavy atom. The largest absolute Gasteiger partial charge is 0.229 e. The molecule has 3 heteroatoms. The van der Waals surface area contributed by atoms with E-state index in [1.54, 1.807) is 0 Å². The first-order valence-corrected chi connectivity index (χ1v) is 5.54. The van der Waals surface area contributed by atoms with E-state index in [0.717, 1.165) is 0 Å². The van der Waals surface area contributed by atoms with Crippen molar-refractivity contribution in [3.8, 4) is 0 Å². The van der Waals surface area contributed by atoms with E-state index < -0.39 is 15.1 Å². The maximum absolute atomic E-state index is 11.4. The lowest BCUT2D eigenvalue weighted by Crippen LogP contribution is -2.18. The summed E-state index contributed by atoms with van der Waals surface area (Å²) >= 11 is 0. The van der Waals surface area contributed by atoms with E-state index in [0.29, 0.717) is 12.3 Å². The second-order valence-electron chi connectivity index (χ2n) is 3.41. The van der Waals surface area contributed by atoms with Gasteiger partial charge in [0.2, 0.25) is 0 Å². The second-order valence-corrected chi connectivity index (χ2v) is 5.86. The minimum atomic E-state index is -3.23. The first-order chi connectivity index (χ1) is 5.17. The lowest BCUT2D eigenvalue weighted by Gasteiger charge is -2.08. The smallest absolute Gasteiger partial charge is 0.152 e. The highest BCUT2D eigenvalue weighted by Crippen LogP contribution is 2.07. The highest BCUT2D eigenvalue weighted by atomic mass is 32.2. The molecule has 0 fully saturated rings. The van der Waals surface area contributed by atoms with Crippen molar-refractivity contribution in [2.75, 3.05) is 5.75 Å². The van der Waals surface area contributed by atoms with E-state index in [-0.39, 0.29) is 5.75 Å². The van der Waals surface area contributed by atoms with Gasteiger partial charge in [0.1, 0.15) is 0 Å². The maximum Gasteiger partial charge on any atom is 0.152 e. The normalized spacial score (nSPS) is 15.2. The Labute approximate surface area is 71.3 Å². The van der Waals surface area contributed by atoms with Crippen LogP contribution in [0.2, 0.25) is 0 Å². The minimum absolute atomic E-state index is 0.126. The summed E-state index contributed by atoms with van der Waals surface area (Å²) in [6, 6.07) is 0. The number of hydrogen-bond donors (Lipinski definition) is 0. The standard InChI is InChI=1S/C8H18O2S/c1-7(2)5-6-11(9,10)8(3)4/h7-8H,5-6H2,1-4H3/i8T. The lowest BCUT2D eigenvalue weighted by molar-refractivity contribution is 0.566. The van der Waals surface area contributed by atoms with Gasteiger partial charge in [-0.1, -0.05) is 13.8 Å². The summed E-state index contributed by atoms with van der Waals surface area (Å²) in [5.74, 6) is 0.503. The third-order valence-corrected chi connectivity index (χ3v) is 3.60. The fourth-order valence-electron chi connectivity index (χ4n) is 0.595. The molecule has 0 aromatic heterocycles. The summed E-state index contributed by atoms with van der Waals surface area (Å²) in [6.07, 6.45) is 0.643. The van der Waals surface area contributed by atoms with Crippen molar-refractivity contribution in [2.24, 2.45) is 5.92 Å². The average Bonchev–Trinajstić information content (AvgIpc) is 1.81. The van der Waals surface area contributed by atoms with Crippen LogP contribution in [-0.2, 0) is 9.84 Å². The molecule has 0 heterocycles. The van der Waals surface area contributed by atoms with Crippen LogP contribution in [0.15, 0.2) is 0 Å². The molecule has 0 spiro atoms. The van der Waals surface area contributed by atoms with Gasteiger partial charge in [-0.2, -0.15) is 0 Å². The van der Waals surface area contributed by atoms with Gasteiger partial charge in [0.05, 0.1) is 11.0 Å². The molecule has 0 radical (unpaired) electrons. The summed E-state index contributed by atoms with van der Waals surface area (Å²) in [5, 5.41) is -1.35. The second kappa shape index (κ2) is 4.10. The van der Waals surface area contributed by atoms with Gasteiger partial charge in [0.15, 0.2) is 9.84 Å². The van der Waals surface area contributed by atoms with Crippen molar-refractivity contribution in [2.45, 2.75) is 39.3 Å². The molecule has 0 rings (SSSR count). The summed E-state index contributed by atoms with van der Waals surface area (Å²) in [4.78, 5) is 0. The molecule has 0 aliphatic heterocycles. The van der Waals surface area contributed by atoms with E-state index in [1.807, 2.05) is 13.8 Å². The average molecular weight is 180 g/mol. The molecule has 0 saturated carbocycles. The molecule has 0 unspecified atom stereocenters. The predicted octanol–water partition coefficient (Wildman–Crippen LogP) is 1.86. The highest BCUT2D eigenvalue weighted by Gasteiger charge is 2.15. The fourth-order valence-corrected chi connectivity index (χ4v) is 1.78. The lowest BCUT2D eigenvalue weighted by atomic mass is 10.2. The van der Waals surface area contributed by atoms with E-state index in [9.17, 15) is 8.42 Å². The Kier molecular flexibility index (Phi) is 3.37. The number of sulfone groups is 1. The van der Waals surface area contributed by atoms with Crippen molar-refractivity contribution < 1.29 is 9.79 Å². The number of hydrogen-bond acceptors (Lipinski definition) is 2. The molecular weight excluding hydrogens is 160 g/mol. The van der Waals surface area contributed by atoms with Crippen LogP contribution >= 0.6 is 0 Å². The van der Waals surface area contributed by atoms with Crippen molar-refractivity contribution in [3.63, 3.8) is 0 Å². The van der Waals surface area contributed by atoms with Gasteiger partial charge >= 0.3 is 0 Å². The zero-order chi connectivity index (χ0) is 9.99. The first-order valence-electron chi connectivity index (χ1n) is 4.39. The van der Waals surface area contributed by atoms with Crippen molar-refractivity contribution >= 4 is 9.84 Å². The van der Waals surface area contributed by atoms with Gasteiger partial charge in [-0.25, -0.2) is 8.42 Å². The molecule has 0 aromatic carbocycles. The van der Waals surface area contributed by atoms with E-state index >= 15 is 0 Å². The van der Waals surface area contributed by atoms with E-state index in [1.165, 1.54) is 13.8 Å². The van der Waals surface area contributed by atoms with Crippen LogP contribution < -0.4 is 0 Å². The van der Waals surface area contributed by atoms with Crippen LogP contribution in [0.5, 0.6) is 0 Å². The molecule has 0 atom stereocenters. The van der Waals surface area contributed by atoms with Crippen LogP contribution in [0, 0.1) is 5.92 Å². The Morgan fingerprint density at radius 2 is 1.73 bits per heavy atom. The first kappa shape index (κ1) is 9.04. The molecular formula is C8H18O2S. The zero-order valence-electron chi connectivity index (χ0n) is 8.72. The van der Waals surface area contributed by atoms with Crippen LogP contribution in [0.3, 0.4) is 0 Å². The monoisotopic (exact) mass is 180 g/mol. The maximum atomic E-state index is 11.4. The van der Waals surface area contributed by atoms with Gasteiger partial charge < -0.3 is 0 Å². The van der Waals surface area contributed by atoms with Crippen molar-refractivity contribution in [1.82, 2.24) is 0 Å². The Bertz CT molecular complexity index is 224. The molecule has 2 nitrogen and oxygen atoms in total. The van der Waals surface area contributed by atoms with Gasteiger partial charge in [-0.05, 0) is 26.2 Å². The third-order valence-electron chi connectivity index (χ3n) is 1.59. The fraction of sp³-hybridized carbons (Fsp3) is 1.00. The molecule has 0 saturated heterocycles. The predicted molar refractivity (Wildman–Crippen MR) is 48.4 cm³/mol. The molecule has 0 aliphatic rings. The van der Waals surface area contributed by atoms with Gasteiger partial charge in [-0.15, -0.1) is 0 Å². The summed E-state index contributed by atoms with van der Waals surface area (Å²) in [5.41, 5.74) is 0. The van der Waals surface area contributed by atoms with E-state index in [2.05, 4.69) is 0 Å². The molecule has 68 valence electrons. The highest BCUT2D eigenvalue weighted by molar-refractivity contribution is 7.91. The van der Waals surface area contributed by atoms with E-state index in [4.69, 9.17) is 1.37 Å². The zero-order valence-corrected chi connectivity index (χ0v) is 8.53. The topological polar surface area (TPSA) is 34.1 Å². The SMILES string of the molecule is [3H]C(C)(C)S(=O)(=O)CCC(C)C. The molecule has 0 bridgehead atoms. The third kappa shape index (κ3) is 4.40. The summed E-state index contributed by atoms with van der Waals surface area (Å²) < 4.78 is 30.1.